The maximum absolute atomic E-state index is 13.0. The van der Waals surface area contributed by atoms with Crippen molar-refractivity contribution in [2.75, 3.05) is 6.54 Å². The summed E-state index contributed by atoms with van der Waals surface area (Å²) in [4.78, 5) is 39.7. The molecule has 1 aromatic rings. The van der Waals surface area contributed by atoms with Crippen LogP contribution in [0.15, 0.2) is 11.4 Å². The third-order valence-corrected chi connectivity index (χ3v) is 6.01. The number of aryl methyl sites for hydroxylation is 1. The van der Waals surface area contributed by atoms with Gasteiger partial charge in [-0.2, -0.15) is 0 Å². The molecule has 1 aromatic heterocycles. The fraction of sp³-hybridized carbons (Fsp3) is 0.588. The largest absolute Gasteiger partial charge is 0.352 e. The molecule has 2 aliphatic rings. The van der Waals surface area contributed by atoms with E-state index in [0.717, 1.165) is 28.2 Å². The second kappa shape index (κ2) is 6.20. The Morgan fingerprint density at radius 1 is 1.42 bits per heavy atom. The number of thiophene rings is 1. The molecular weight excluding hydrogens is 326 g/mol. The van der Waals surface area contributed by atoms with E-state index in [2.05, 4.69) is 10.6 Å². The number of rotatable bonds is 4. The molecule has 0 aromatic carbocycles. The minimum absolute atomic E-state index is 0.00890. The molecule has 24 heavy (non-hydrogen) atoms. The van der Waals surface area contributed by atoms with Crippen molar-refractivity contribution in [2.45, 2.75) is 51.6 Å². The van der Waals surface area contributed by atoms with Crippen molar-refractivity contribution in [1.29, 1.82) is 0 Å². The van der Waals surface area contributed by atoms with Gasteiger partial charge >= 0.3 is 6.03 Å². The number of carbonyl (C=O) groups excluding carboxylic acids is 3. The van der Waals surface area contributed by atoms with Gasteiger partial charge in [0.2, 0.25) is 5.91 Å². The number of hydrogen-bond donors (Lipinski definition) is 2. The molecule has 1 aliphatic carbocycles. The monoisotopic (exact) mass is 349 g/mol. The van der Waals surface area contributed by atoms with E-state index >= 15 is 0 Å². The predicted octanol–water partition coefficient (Wildman–Crippen LogP) is 1.99. The molecule has 1 fully saturated rings. The van der Waals surface area contributed by atoms with Crippen LogP contribution in [0.4, 0.5) is 4.79 Å². The predicted molar refractivity (Wildman–Crippen MR) is 91.6 cm³/mol. The highest BCUT2D eigenvalue weighted by atomic mass is 32.1. The van der Waals surface area contributed by atoms with Crippen LogP contribution in [0, 0.1) is 5.92 Å². The summed E-state index contributed by atoms with van der Waals surface area (Å²) >= 11 is 1.61. The molecule has 2 N–H and O–H groups in total. The van der Waals surface area contributed by atoms with Crippen LogP contribution in [0.25, 0.3) is 0 Å². The molecule has 0 saturated carbocycles. The maximum atomic E-state index is 13.0. The van der Waals surface area contributed by atoms with E-state index in [1.165, 1.54) is 0 Å². The van der Waals surface area contributed by atoms with E-state index in [1.807, 2.05) is 32.2 Å². The van der Waals surface area contributed by atoms with E-state index in [4.69, 9.17) is 0 Å². The van der Waals surface area contributed by atoms with Crippen LogP contribution in [0.5, 0.6) is 0 Å². The highest BCUT2D eigenvalue weighted by Gasteiger charge is 2.54. The number of amides is 4. The van der Waals surface area contributed by atoms with E-state index in [0.29, 0.717) is 6.42 Å². The quantitative estimate of drug-likeness (QED) is 0.816. The van der Waals surface area contributed by atoms with Crippen molar-refractivity contribution in [1.82, 2.24) is 15.5 Å². The van der Waals surface area contributed by atoms with Crippen LogP contribution in [0.3, 0.4) is 0 Å². The molecule has 2 atom stereocenters. The third-order valence-electron chi connectivity index (χ3n) is 5.03. The third kappa shape index (κ3) is 2.70. The second-order valence-electron chi connectivity index (χ2n) is 6.94. The zero-order chi connectivity index (χ0) is 17.5. The summed E-state index contributed by atoms with van der Waals surface area (Å²) < 4.78 is 0. The van der Waals surface area contributed by atoms with Crippen LogP contribution in [-0.2, 0) is 21.5 Å². The number of nitrogens with one attached hydrogen (secondary N) is 2. The number of hydrogen-bond acceptors (Lipinski definition) is 4. The van der Waals surface area contributed by atoms with Crippen LogP contribution in [0.1, 0.15) is 44.1 Å². The van der Waals surface area contributed by atoms with Crippen molar-refractivity contribution in [3.05, 3.63) is 21.9 Å². The van der Waals surface area contributed by atoms with E-state index in [1.54, 1.807) is 11.3 Å². The van der Waals surface area contributed by atoms with Crippen LogP contribution < -0.4 is 10.6 Å². The SMILES string of the molecule is CC(C)[C@H](C)NC(=O)CN1C(=O)N[C@]2(CCCc3sccc32)C1=O. The molecule has 130 valence electrons. The van der Waals surface area contributed by atoms with Crippen LogP contribution >= 0.6 is 11.3 Å². The lowest BCUT2D eigenvalue weighted by molar-refractivity contribution is -0.135. The van der Waals surface area contributed by atoms with Crippen molar-refractivity contribution < 1.29 is 14.4 Å². The first kappa shape index (κ1) is 17.0. The minimum atomic E-state index is -0.978. The summed E-state index contributed by atoms with van der Waals surface area (Å²) in [6.45, 7) is 5.69. The molecule has 0 unspecified atom stereocenters. The van der Waals surface area contributed by atoms with Gasteiger partial charge in [-0.25, -0.2) is 4.79 Å². The van der Waals surface area contributed by atoms with Crippen molar-refractivity contribution >= 4 is 29.2 Å². The Labute approximate surface area is 145 Å². The Kier molecular flexibility index (Phi) is 4.38. The van der Waals surface area contributed by atoms with Gasteiger partial charge in [0, 0.05) is 16.5 Å². The molecule has 4 amide bonds. The lowest BCUT2D eigenvalue weighted by Crippen LogP contribution is -2.47. The van der Waals surface area contributed by atoms with Crippen LogP contribution in [0.2, 0.25) is 0 Å². The Morgan fingerprint density at radius 2 is 2.17 bits per heavy atom. The highest BCUT2D eigenvalue weighted by Crippen LogP contribution is 2.41. The molecule has 1 saturated heterocycles. The van der Waals surface area contributed by atoms with Crippen molar-refractivity contribution in [2.24, 2.45) is 5.92 Å². The topological polar surface area (TPSA) is 78.5 Å². The van der Waals surface area contributed by atoms with Crippen LogP contribution in [-0.4, -0.2) is 35.3 Å². The summed E-state index contributed by atoms with van der Waals surface area (Å²) in [5.41, 5.74) is -0.0789. The number of imide groups is 1. The zero-order valence-electron chi connectivity index (χ0n) is 14.2. The van der Waals surface area contributed by atoms with Gasteiger partial charge in [-0.05, 0) is 43.6 Å². The first-order valence-corrected chi connectivity index (χ1v) is 9.23. The molecule has 6 nitrogen and oxygen atoms in total. The molecule has 2 heterocycles. The summed E-state index contributed by atoms with van der Waals surface area (Å²) in [5.74, 6) is -0.326. The first-order valence-electron chi connectivity index (χ1n) is 8.35. The van der Waals surface area contributed by atoms with Gasteiger partial charge in [-0.3, -0.25) is 14.5 Å². The molecule has 1 spiro atoms. The summed E-state index contributed by atoms with van der Waals surface area (Å²) in [6.07, 6.45) is 2.37. The number of urea groups is 1. The zero-order valence-corrected chi connectivity index (χ0v) is 15.0. The molecule has 7 heteroatoms. The summed E-state index contributed by atoms with van der Waals surface area (Å²) in [7, 11) is 0. The van der Waals surface area contributed by atoms with Gasteiger partial charge in [-0.1, -0.05) is 13.8 Å². The minimum Gasteiger partial charge on any atom is -0.352 e. The average molecular weight is 349 g/mol. The fourth-order valence-electron chi connectivity index (χ4n) is 3.29. The van der Waals surface area contributed by atoms with E-state index < -0.39 is 11.6 Å². The highest BCUT2D eigenvalue weighted by molar-refractivity contribution is 7.10. The van der Waals surface area contributed by atoms with Crippen molar-refractivity contribution in [3.63, 3.8) is 0 Å². The van der Waals surface area contributed by atoms with Gasteiger partial charge in [0.25, 0.3) is 5.91 Å². The van der Waals surface area contributed by atoms with Gasteiger partial charge in [0.1, 0.15) is 12.1 Å². The normalized spacial score (nSPS) is 24.2. The average Bonchev–Trinajstić information content (AvgIpc) is 3.08. The smallest absolute Gasteiger partial charge is 0.325 e. The lowest BCUT2D eigenvalue weighted by atomic mass is 9.80. The second-order valence-corrected chi connectivity index (χ2v) is 7.94. The van der Waals surface area contributed by atoms with Crippen molar-refractivity contribution in [3.8, 4) is 0 Å². The molecular formula is C17H23N3O3S. The lowest BCUT2D eigenvalue weighted by Gasteiger charge is -2.31. The standard InChI is InChI=1S/C17H23N3O3S/c1-10(2)11(3)18-14(21)9-20-15(22)17(19-16(20)23)7-4-5-13-12(17)6-8-24-13/h6,8,10-11H,4-5,7,9H2,1-3H3,(H,18,21)(H,19,23)/t11-,17-/m0/s1. The molecule has 1 aliphatic heterocycles. The number of nitrogens with zero attached hydrogens (tertiary/aromatic N) is 1. The Balaban J connectivity index is 1.78. The van der Waals surface area contributed by atoms with Gasteiger partial charge in [0.15, 0.2) is 0 Å². The van der Waals surface area contributed by atoms with Gasteiger partial charge in [0.05, 0.1) is 0 Å². The molecule has 0 radical (unpaired) electrons. The Hall–Kier alpha value is -1.89. The van der Waals surface area contributed by atoms with E-state index in [9.17, 15) is 14.4 Å². The Morgan fingerprint density at radius 3 is 2.88 bits per heavy atom. The van der Waals surface area contributed by atoms with Gasteiger partial charge in [-0.15, -0.1) is 11.3 Å². The number of fused-ring (bicyclic) bond motifs is 2. The van der Waals surface area contributed by atoms with Gasteiger partial charge < -0.3 is 10.6 Å². The fourth-order valence-corrected chi connectivity index (χ4v) is 4.29. The first-order chi connectivity index (χ1) is 11.3. The number of carbonyl (C=O) groups is 3. The molecule has 0 bridgehead atoms. The Bertz CT molecular complexity index is 684. The summed E-state index contributed by atoms with van der Waals surface area (Å²) in [5, 5.41) is 7.65. The maximum Gasteiger partial charge on any atom is 0.325 e. The molecule has 3 rings (SSSR count). The summed E-state index contributed by atoms with van der Waals surface area (Å²) in [6, 6.07) is 1.43. The van der Waals surface area contributed by atoms with E-state index in [-0.39, 0.29) is 30.3 Å².